The van der Waals surface area contributed by atoms with Crippen molar-refractivity contribution < 1.29 is 9.69 Å². The molecule has 1 amide bonds. The van der Waals surface area contributed by atoms with Gasteiger partial charge >= 0.3 is 0 Å². The van der Waals surface area contributed by atoms with Crippen molar-refractivity contribution >= 4 is 23.2 Å². The fourth-order valence-electron chi connectivity index (χ4n) is 2.30. The Labute approximate surface area is 141 Å². The molecule has 2 aromatic rings. The van der Waals surface area contributed by atoms with Crippen molar-refractivity contribution in [2.45, 2.75) is 13.5 Å². The molecular formula is C18H19ClN3O+. The average Bonchev–Trinajstić information content (AvgIpc) is 2.49. The van der Waals surface area contributed by atoms with Gasteiger partial charge in [0.05, 0.1) is 18.3 Å². The molecule has 0 aromatic heterocycles. The Hall–Kier alpha value is -2.35. The lowest BCUT2D eigenvalue weighted by atomic mass is 10.1. The molecule has 2 aromatic carbocycles. The van der Waals surface area contributed by atoms with Gasteiger partial charge in [-0.1, -0.05) is 41.4 Å². The molecule has 0 aliphatic carbocycles. The predicted octanol–water partition coefficient (Wildman–Crippen LogP) is 2.17. The van der Waals surface area contributed by atoms with Crippen LogP contribution in [-0.4, -0.2) is 19.5 Å². The molecule has 0 saturated carbocycles. The van der Waals surface area contributed by atoms with E-state index in [4.69, 9.17) is 16.9 Å². The van der Waals surface area contributed by atoms with Crippen LogP contribution in [0, 0.1) is 18.3 Å². The van der Waals surface area contributed by atoms with Crippen LogP contribution in [0.5, 0.6) is 0 Å². The highest BCUT2D eigenvalue weighted by atomic mass is 35.5. The second-order valence-corrected chi connectivity index (χ2v) is 6.08. The second-order valence-electron chi connectivity index (χ2n) is 5.65. The third-order valence-electron chi connectivity index (χ3n) is 3.46. The van der Waals surface area contributed by atoms with E-state index in [0.29, 0.717) is 22.8 Å². The van der Waals surface area contributed by atoms with Crippen molar-refractivity contribution in [3.05, 3.63) is 64.2 Å². The summed E-state index contributed by atoms with van der Waals surface area (Å²) < 4.78 is 0. The summed E-state index contributed by atoms with van der Waals surface area (Å²) in [5, 5.41) is 12.3. The third-order valence-corrected chi connectivity index (χ3v) is 3.70. The number of carbonyl (C=O) groups is 1. The Bertz CT molecular complexity index is 735. The van der Waals surface area contributed by atoms with Crippen molar-refractivity contribution in [2.24, 2.45) is 0 Å². The van der Waals surface area contributed by atoms with Crippen LogP contribution in [0.4, 0.5) is 5.69 Å². The number of aryl methyl sites for hydroxylation is 1. The Morgan fingerprint density at radius 1 is 1.26 bits per heavy atom. The second kappa shape index (κ2) is 7.77. The molecule has 0 radical (unpaired) electrons. The fourth-order valence-corrected chi connectivity index (χ4v) is 2.47. The molecule has 118 valence electrons. The zero-order valence-electron chi connectivity index (χ0n) is 13.2. The van der Waals surface area contributed by atoms with Gasteiger partial charge in [0.15, 0.2) is 6.54 Å². The van der Waals surface area contributed by atoms with Gasteiger partial charge in [-0.15, -0.1) is 0 Å². The van der Waals surface area contributed by atoms with E-state index in [-0.39, 0.29) is 5.91 Å². The van der Waals surface area contributed by atoms with Gasteiger partial charge in [-0.05, 0) is 25.1 Å². The monoisotopic (exact) mass is 328 g/mol. The van der Waals surface area contributed by atoms with Crippen molar-refractivity contribution in [3.63, 3.8) is 0 Å². The number of nitrogens with zero attached hydrogens (tertiary/aromatic N) is 1. The number of hydrogen-bond acceptors (Lipinski definition) is 2. The van der Waals surface area contributed by atoms with E-state index >= 15 is 0 Å². The first kappa shape index (κ1) is 17.0. The predicted molar refractivity (Wildman–Crippen MR) is 91.4 cm³/mol. The van der Waals surface area contributed by atoms with Gasteiger partial charge in [0.1, 0.15) is 12.6 Å². The largest absolute Gasteiger partial charge is 0.326 e. The number of carbonyl (C=O) groups excluding carboxylic acids is 1. The minimum absolute atomic E-state index is 0.145. The lowest BCUT2D eigenvalue weighted by Crippen LogP contribution is -3.08. The molecule has 1 unspecified atom stereocenters. The van der Waals surface area contributed by atoms with Crippen molar-refractivity contribution in [1.82, 2.24) is 0 Å². The van der Waals surface area contributed by atoms with E-state index < -0.39 is 0 Å². The highest BCUT2D eigenvalue weighted by molar-refractivity contribution is 6.31. The maximum absolute atomic E-state index is 12.2. The van der Waals surface area contributed by atoms with E-state index in [1.807, 2.05) is 20.0 Å². The van der Waals surface area contributed by atoms with Gasteiger partial charge in [0.2, 0.25) is 0 Å². The Morgan fingerprint density at radius 3 is 2.61 bits per heavy atom. The molecule has 2 rings (SSSR count). The molecule has 4 nitrogen and oxygen atoms in total. The summed E-state index contributed by atoms with van der Waals surface area (Å²) in [7, 11) is 1.96. The van der Waals surface area contributed by atoms with Crippen molar-refractivity contribution in [1.29, 1.82) is 5.26 Å². The van der Waals surface area contributed by atoms with Crippen LogP contribution in [0.2, 0.25) is 5.02 Å². The lowest BCUT2D eigenvalue weighted by molar-refractivity contribution is -0.885. The summed E-state index contributed by atoms with van der Waals surface area (Å²) in [5.74, 6) is -0.145. The number of rotatable bonds is 5. The summed E-state index contributed by atoms with van der Waals surface area (Å²) in [6.07, 6.45) is 0. The molecule has 0 spiro atoms. The number of anilines is 1. The standard InChI is InChI=1S/C18H18ClN3O/c1-13-3-5-14(6-4-13)11-22(2)12-18(23)21-17-9-16(19)8-7-15(17)10-20/h3-9H,11-12H2,1-2H3,(H,21,23)/p+1. The van der Waals surface area contributed by atoms with Crippen LogP contribution in [0.15, 0.2) is 42.5 Å². The van der Waals surface area contributed by atoms with Crippen LogP contribution in [0.3, 0.4) is 0 Å². The van der Waals surface area contributed by atoms with Crippen LogP contribution >= 0.6 is 11.6 Å². The fraction of sp³-hybridized carbons (Fsp3) is 0.222. The zero-order valence-corrected chi connectivity index (χ0v) is 13.9. The number of halogens is 1. The Kier molecular flexibility index (Phi) is 5.75. The number of nitrogens with one attached hydrogen (secondary N) is 2. The van der Waals surface area contributed by atoms with Crippen LogP contribution < -0.4 is 10.2 Å². The number of hydrogen-bond donors (Lipinski definition) is 2. The summed E-state index contributed by atoms with van der Waals surface area (Å²) in [6, 6.07) is 15.1. The number of quaternary nitrogens is 1. The smallest absolute Gasteiger partial charge is 0.279 e. The van der Waals surface area contributed by atoms with Crippen molar-refractivity contribution in [2.75, 3.05) is 18.9 Å². The number of amides is 1. The van der Waals surface area contributed by atoms with Crippen LogP contribution in [-0.2, 0) is 11.3 Å². The molecule has 5 heteroatoms. The normalized spacial score (nSPS) is 11.6. The first-order valence-electron chi connectivity index (χ1n) is 7.34. The Morgan fingerprint density at radius 2 is 1.96 bits per heavy atom. The SMILES string of the molecule is Cc1ccc(C[NH+](C)CC(=O)Nc2cc(Cl)ccc2C#N)cc1. The molecule has 0 heterocycles. The minimum Gasteiger partial charge on any atom is -0.326 e. The first-order chi connectivity index (χ1) is 11.0. The molecule has 1 atom stereocenters. The van der Waals surface area contributed by atoms with Gasteiger partial charge in [0.25, 0.3) is 5.91 Å². The highest BCUT2D eigenvalue weighted by Gasteiger charge is 2.13. The van der Waals surface area contributed by atoms with E-state index in [2.05, 4.69) is 29.6 Å². The van der Waals surface area contributed by atoms with Gasteiger partial charge in [-0.3, -0.25) is 4.79 Å². The number of likely N-dealkylation sites (N-methyl/N-ethyl adjacent to an activating group) is 1. The Balaban J connectivity index is 1.95. The van der Waals surface area contributed by atoms with Gasteiger partial charge in [-0.25, -0.2) is 0 Å². The number of nitriles is 1. The molecule has 0 bridgehead atoms. The summed E-state index contributed by atoms with van der Waals surface area (Å²) in [6.45, 7) is 3.12. The van der Waals surface area contributed by atoms with Gasteiger partial charge in [0, 0.05) is 10.6 Å². The highest BCUT2D eigenvalue weighted by Crippen LogP contribution is 2.20. The molecule has 0 fully saturated rings. The van der Waals surface area contributed by atoms with Crippen LogP contribution in [0.25, 0.3) is 0 Å². The maximum atomic E-state index is 12.2. The molecular weight excluding hydrogens is 310 g/mol. The topological polar surface area (TPSA) is 57.3 Å². The molecule has 0 saturated heterocycles. The molecule has 23 heavy (non-hydrogen) atoms. The molecule has 2 N–H and O–H groups in total. The minimum atomic E-state index is -0.145. The first-order valence-corrected chi connectivity index (χ1v) is 7.72. The van der Waals surface area contributed by atoms with E-state index in [1.165, 1.54) is 11.1 Å². The lowest BCUT2D eigenvalue weighted by Gasteiger charge is -2.14. The third kappa shape index (κ3) is 5.10. The zero-order chi connectivity index (χ0) is 16.8. The quantitative estimate of drug-likeness (QED) is 0.884. The van der Waals surface area contributed by atoms with Gasteiger partial charge < -0.3 is 10.2 Å². The van der Waals surface area contributed by atoms with Crippen molar-refractivity contribution in [3.8, 4) is 6.07 Å². The van der Waals surface area contributed by atoms with E-state index in [1.54, 1.807) is 18.2 Å². The summed E-state index contributed by atoms with van der Waals surface area (Å²) in [5.41, 5.74) is 3.25. The summed E-state index contributed by atoms with van der Waals surface area (Å²) in [4.78, 5) is 13.2. The molecule has 0 aliphatic rings. The van der Waals surface area contributed by atoms with Gasteiger partial charge in [-0.2, -0.15) is 5.26 Å². The molecule has 0 aliphatic heterocycles. The number of benzene rings is 2. The van der Waals surface area contributed by atoms with Crippen LogP contribution in [0.1, 0.15) is 16.7 Å². The van der Waals surface area contributed by atoms with E-state index in [9.17, 15) is 4.79 Å². The summed E-state index contributed by atoms with van der Waals surface area (Å²) >= 11 is 5.92. The average molecular weight is 329 g/mol. The maximum Gasteiger partial charge on any atom is 0.279 e. The van der Waals surface area contributed by atoms with E-state index in [0.717, 1.165) is 11.4 Å².